The summed E-state index contributed by atoms with van der Waals surface area (Å²) >= 11 is 0. The van der Waals surface area contributed by atoms with E-state index in [2.05, 4.69) is 46.7 Å². The molecule has 0 spiro atoms. The zero-order valence-electron chi connectivity index (χ0n) is 15.1. The van der Waals surface area contributed by atoms with Crippen molar-refractivity contribution in [3.05, 3.63) is 94.8 Å². The first kappa shape index (κ1) is 16.1. The van der Waals surface area contributed by atoms with E-state index in [1.807, 2.05) is 6.07 Å². The molecule has 2 aliphatic rings. The average molecular weight is 356 g/mol. The summed E-state index contributed by atoms with van der Waals surface area (Å²) in [5.74, 6) is 1.41. The molecule has 0 fully saturated rings. The van der Waals surface area contributed by atoms with Crippen LogP contribution in [-0.2, 0) is 6.42 Å². The first-order chi connectivity index (χ1) is 13.3. The van der Waals surface area contributed by atoms with Crippen molar-refractivity contribution in [3.8, 4) is 5.75 Å². The lowest BCUT2D eigenvalue weighted by molar-refractivity contribution is 0.0924. The summed E-state index contributed by atoms with van der Waals surface area (Å²) in [6.07, 6.45) is 4.27. The number of methoxy groups -OCH3 is 1. The first-order valence-corrected chi connectivity index (χ1v) is 9.23. The molecule has 0 radical (unpaired) electrons. The van der Waals surface area contributed by atoms with Gasteiger partial charge in [-0.05, 0) is 58.9 Å². The quantitative estimate of drug-likeness (QED) is 0.775. The van der Waals surface area contributed by atoms with Gasteiger partial charge in [0.15, 0.2) is 0 Å². The maximum atomic E-state index is 12.9. The molecule has 0 saturated carbocycles. The maximum absolute atomic E-state index is 12.9. The van der Waals surface area contributed by atoms with Crippen molar-refractivity contribution in [3.63, 3.8) is 0 Å². The van der Waals surface area contributed by atoms with Crippen LogP contribution in [0.4, 0.5) is 0 Å². The van der Waals surface area contributed by atoms with Gasteiger partial charge in [0.1, 0.15) is 5.75 Å². The number of hydrogen-bond donors (Lipinski definition) is 1. The number of pyridine rings is 1. The minimum atomic E-state index is -0.0622. The smallest absolute Gasteiger partial charge is 0.251 e. The van der Waals surface area contributed by atoms with Gasteiger partial charge in [0.05, 0.1) is 13.2 Å². The van der Waals surface area contributed by atoms with Gasteiger partial charge < -0.3 is 10.1 Å². The number of rotatable bonds is 3. The Kier molecular flexibility index (Phi) is 3.71. The van der Waals surface area contributed by atoms with Gasteiger partial charge in [0, 0.05) is 23.9 Å². The number of nitrogens with one attached hydrogen (secondary N) is 1. The van der Waals surface area contributed by atoms with Gasteiger partial charge in [0.2, 0.25) is 0 Å². The highest BCUT2D eigenvalue weighted by atomic mass is 16.5. The summed E-state index contributed by atoms with van der Waals surface area (Å²) in [4.78, 5) is 16.9. The van der Waals surface area contributed by atoms with Crippen molar-refractivity contribution in [1.29, 1.82) is 0 Å². The fraction of sp³-hybridized carbons (Fsp3) is 0.217. The highest BCUT2D eigenvalue weighted by Gasteiger charge is 2.46. The number of aromatic nitrogens is 1. The molecule has 0 bridgehead atoms. The Balaban J connectivity index is 1.57. The summed E-state index contributed by atoms with van der Waals surface area (Å²) in [5, 5.41) is 3.29. The lowest BCUT2D eigenvalue weighted by atomic mass is 9.91. The van der Waals surface area contributed by atoms with E-state index in [1.165, 1.54) is 22.3 Å². The molecule has 3 aromatic rings. The normalized spacial score (nSPS) is 21.9. The number of hydrogen-bond acceptors (Lipinski definition) is 3. The minimum absolute atomic E-state index is 0.0341. The third-order valence-electron chi connectivity index (χ3n) is 5.90. The van der Waals surface area contributed by atoms with E-state index in [0.29, 0.717) is 17.4 Å². The number of carbonyl (C=O) groups excluding carboxylic acids is 1. The number of amides is 1. The van der Waals surface area contributed by atoms with Crippen molar-refractivity contribution in [1.82, 2.24) is 10.3 Å². The van der Waals surface area contributed by atoms with Gasteiger partial charge in [-0.25, -0.2) is 0 Å². The van der Waals surface area contributed by atoms with Gasteiger partial charge in [0.25, 0.3) is 5.91 Å². The van der Waals surface area contributed by atoms with Crippen LogP contribution in [0.1, 0.15) is 44.6 Å². The largest absolute Gasteiger partial charge is 0.497 e. The molecular formula is C23H20N2O2. The Morgan fingerprint density at radius 1 is 1.04 bits per heavy atom. The number of ether oxygens (including phenoxy) is 1. The zero-order valence-corrected chi connectivity index (χ0v) is 15.1. The Morgan fingerprint density at radius 2 is 1.85 bits per heavy atom. The number of benzene rings is 2. The van der Waals surface area contributed by atoms with E-state index < -0.39 is 0 Å². The van der Waals surface area contributed by atoms with Crippen LogP contribution in [0.25, 0.3) is 0 Å². The Morgan fingerprint density at radius 3 is 2.67 bits per heavy atom. The molecule has 5 rings (SSSR count). The molecule has 0 unspecified atom stereocenters. The van der Waals surface area contributed by atoms with Crippen LogP contribution < -0.4 is 10.1 Å². The highest BCUT2D eigenvalue weighted by molar-refractivity contribution is 5.94. The van der Waals surface area contributed by atoms with Crippen LogP contribution in [0.3, 0.4) is 0 Å². The van der Waals surface area contributed by atoms with Crippen LogP contribution in [0, 0.1) is 5.92 Å². The van der Waals surface area contributed by atoms with E-state index in [1.54, 1.807) is 31.6 Å². The second-order valence-electron chi connectivity index (χ2n) is 7.23. The Bertz CT molecular complexity index is 1020. The molecule has 4 heteroatoms. The molecule has 1 N–H and O–H groups in total. The lowest BCUT2D eigenvalue weighted by Crippen LogP contribution is -2.32. The van der Waals surface area contributed by atoms with E-state index in [4.69, 9.17) is 4.74 Å². The molecule has 1 aromatic heterocycles. The molecular weight excluding hydrogens is 336 g/mol. The molecule has 0 aliphatic heterocycles. The fourth-order valence-corrected chi connectivity index (χ4v) is 4.71. The van der Waals surface area contributed by atoms with Crippen molar-refractivity contribution < 1.29 is 9.53 Å². The Labute approximate surface area is 158 Å². The number of fused-ring (bicyclic) bond motifs is 5. The van der Waals surface area contributed by atoms with Crippen LogP contribution in [-0.4, -0.2) is 18.0 Å². The molecule has 3 atom stereocenters. The summed E-state index contributed by atoms with van der Waals surface area (Å²) in [6.45, 7) is 0. The lowest BCUT2D eigenvalue weighted by Gasteiger charge is -2.21. The maximum Gasteiger partial charge on any atom is 0.251 e. The van der Waals surface area contributed by atoms with Gasteiger partial charge in [-0.2, -0.15) is 0 Å². The average Bonchev–Trinajstić information content (AvgIpc) is 3.24. The van der Waals surface area contributed by atoms with Crippen LogP contribution in [0.15, 0.2) is 67.0 Å². The second-order valence-corrected chi connectivity index (χ2v) is 7.23. The molecule has 27 heavy (non-hydrogen) atoms. The standard InChI is InChI=1S/C23H20N2O2/c1-27-16-6-7-18-19(13-16)22(25-23(26)14-8-10-24-11-9-14)20-12-15-4-2-3-5-17(15)21(18)20/h2-11,13,20-22H,12H2,1H3,(H,25,26)/t20-,21-,22-/m1/s1. The third-order valence-corrected chi connectivity index (χ3v) is 5.90. The van der Waals surface area contributed by atoms with E-state index in [-0.39, 0.29) is 11.9 Å². The molecule has 1 heterocycles. The van der Waals surface area contributed by atoms with Gasteiger partial charge >= 0.3 is 0 Å². The number of carbonyl (C=O) groups is 1. The first-order valence-electron chi connectivity index (χ1n) is 9.23. The fourth-order valence-electron chi connectivity index (χ4n) is 4.71. The highest BCUT2D eigenvalue weighted by Crippen LogP contribution is 2.55. The van der Waals surface area contributed by atoms with Crippen LogP contribution >= 0.6 is 0 Å². The Hall–Kier alpha value is -3.14. The SMILES string of the molecule is COc1ccc2c(c1)[C@@H](NC(=O)c1ccncc1)[C@@H]1Cc3ccccc3[C@H]21. The summed E-state index contributed by atoms with van der Waals surface area (Å²) in [5.41, 5.74) is 5.87. The number of nitrogens with zero attached hydrogens (tertiary/aromatic N) is 1. The van der Waals surface area contributed by atoms with E-state index in [0.717, 1.165) is 12.2 Å². The van der Waals surface area contributed by atoms with E-state index >= 15 is 0 Å². The molecule has 2 aromatic carbocycles. The molecule has 1 amide bonds. The minimum Gasteiger partial charge on any atom is -0.497 e. The zero-order chi connectivity index (χ0) is 18.4. The van der Waals surface area contributed by atoms with Gasteiger partial charge in [-0.1, -0.05) is 30.3 Å². The summed E-state index contributed by atoms with van der Waals surface area (Å²) < 4.78 is 5.45. The summed E-state index contributed by atoms with van der Waals surface area (Å²) in [7, 11) is 1.68. The van der Waals surface area contributed by atoms with Gasteiger partial charge in [-0.3, -0.25) is 9.78 Å². The summed E-state index contributed by atoms with van der Waals surface area (Å²) in [6, 6.07) is 18.3. The molecule has 134 valence electrons. The molecule has 0 saturated heterocycles. The molecule has 2 aliphatic carbocycles. The predicted molar refractivity (Wildman–Crippen MR) is 103 cm³/mol. The topological polar surface area (TPSA) is 51.2 Å². The van der Waals surface area contributed by atoms with E-state index in [9.17, 15) is 4.79 Å². The van der Waals surface area contributed by atoms with Crippen LogP contribution in [0.2, 0.25) is 0 Å². The monoisotopic (exact) mass is 356 g/mol. The van der Waals surface area contributed by atoms with Crippen molar-refractivity contribution in [2.24, 2.45) is 5.92 Å². The third kappa shape index (κ3) is 2.52. The van der Waals surface area contributed by atoms with Gasteiger partial charge in [-0.15, -0.1) is 0 Å². The molecule has 4 nitrogen and oxygen atoms in total. The van der Waals surface area contributed by atoms with Crippen LogP contribution in [0.5, 0.6) is 5.75 Å². The van der Waals surface area contributed by atoms with Crippen molar-refractivity contribution in [2.45, 2.75) is 18.4 Å². The predicted octanol–water partition coefficient (Wildman–Crippen LogP) is 3.88. The second kappa shape index (κ2) is 6.23. The van der Waals surface area contributed by atoms with Crippen molar-refractivity contribution in [2.75, 3.05) is 7.11 Å². The van der Waals surface area contributed by atoms with Crippen molar-refractivity contribution >= 4 is 5.91 Å².